The van der Waals surface area contributed by atoms with Crippen molar-refractivity contribution >= 4 is 23.1 Å². The molecular formula is C29H28FN3O2S. The molecule has 0 atom stereocenters. The largest absolute Gasteiger partial charge is 0.504 e. The van der Waals surface area contributed by atoms with Crippen LogP contribution in [0.3, 0.4) is 0 Å². The van der Waals surface area contributed by atoms with E-state index in [1.54, 1.807) is 13.0 Å². The van der Waals surface area contributed by atoms with Gasteiger partial charge in [-0.15, -0.1) is 0 Å². The Labute approximate surface area is 214 Å². The van der Waals surface area contributed by atoms with Gasteiger partial charge in [0.1, 0.15) is 10.6 Å². The van der Waals surface area contributed by atoms with Gasteiger partial charge < -0.3 is 15.0 Å². The zero-order valence-corrected chi connectivity index (χ0v) is 21.1. The molecule has 1 saturated carbocycles. The molecule has 2 heterocycles. The summed E-state index contributed by atoms with van der Waals surface area (Å²) in [5, 5.41) is 11.5. The maximum absolute atomic E-state index is 13.4. The first-order valence-corrected chi connectivity index (χ1v) is 13.0. The zero-order valence-electron chi connectivity index (χ0n) is 20.3. The minimum absolute atomic E-state index is 0.00718. The molecular weight excluding hydrogens is 473 g/mol. The van der Waals surface area contributed by atoms with E-state index in [2.05, 4.69) is 14.9 Å². The molecule has 5 nitrogen and oxygen atoms in total. The van der Waals surface area contributed by atoms with Crippen LogP contribution in [0.5, 0.6) is 5.75 Å². The van der Waals surface area contributed by atoms with Crippen molar-refractivity contribution in [3.8, 4) is 16.9 Å². The summed E-state index contributed by atoms with van der Waals surface area (Å²) in [5.41, 5.74) is 4.49. The lowest BCUT2D eigenvalue weighted by Crippen LogP contribution is -2.22. The van der Waals surface area contributed by atoms with Crippen LogP contribution >= 0.6 is 11.8 Å². The second-order valence-corrected chi connectivity index (χ2v) is 10.2. The topological polar surface area (TPSA) is 69.2 Å². The number of hydrogen-bond acceptors (Lipinski definition) is 5. The molecule has 1 aliphatic carbocycles. The quantitative estimate of drug-likeness (QED) is 0.258. The lowest BCUT2D eigenvalue weighted by Gasteiger charge is -2.27. The molecule has 0 aliphatic heterocycles. The Balaban J connectivity index is 1.51. The van der Waals surface area contributed by atoms with Crippen molar-refractivity contribution in [1.82, 2.24) is 9.97 Å². The summed E-state index contributed by atoms with van der Waals surface area (Å²) >= 11 is 1.24. The Morgan fingerprint density at radius 2 is 1.81 bits per heavy atom. The molecule has 0 bridgehead atoms. The third kappa shape index (κ3) is 5.02. The first kappa shape index (κ1) is 24.1. The molecule has 0 radical (unpaired) electrons. The molecule has 0 unspecified atom stereocenters. The summed E-state index contributed by atoms with van der Waals surface area (Å²) in [7, 11) is 0. The van der Waals surface area contributed by atoms with Crippen LogP contribution in [-0.2, 0) is 6.42 Å². The van der Waals surface area contributed by atoms with Crippen LogP contribution < -0.4 is 10.5 Å². The monoisotopic (exact) mass is 501 g/mol. The van der Waals surface area contributed by atoms with Gasteiger partial charge in [-0.1, -0.05) is 42.1 Å². The van der Waals surface area contributed by atoms with E-state index in [0.717, 1.165) is 46.7 Å². The van der Waals surface area contributed by atoms with Crippen LogP contribution in [0, 0.1) is 18.8 Å². The molecule has 7 heteroatoms. The zero-order chi connectivity index (χ0) is 25.2. The number of para-hydroxylation sites is 1. The van der Waals surface area contributed by atoms with E-state index >= 15 is 0 Å². The summed E-state index contributed by atoms with van der Waals surface area (Å²) in [6.45, 7) is 4.46. The van der Waals surface area contributed by atoms with E-state index in [9.17, 15) is 14.3 Å². The second kappa shape index (κ2) is 10.2. The highest BCUT2D eigenvalue weighted by atomic mass is 32.2. The van der Waals surface area contributed by atoms with Crippen molar-refractivity contribution in [3.05, 3.63) is 94.4 Å². The predicted octanol–water partition coefficient (Wildman–Crippen LogP) is 6.85. The minimum atomic E-state index is -0.504. The molecule has 0 spiro atoms. The van der Waals surface area contributed by atoms with Crippen LogP contribution in [-0.4, -0.2) is 21.6 Å². The molecule has 2 aromatic heterocycles. The Morgan fingerprint density at radius 3 is 2.44 bits per heavy atom. The van der Waals surface area contributed by atoms with Crippen molar-refractivity contribution in [2.75, 3.05) is 11.4 Å². The van der Waals surface area contributed by atoms with Gasteiger partial charge in [-0.3, -0.25) is 4.79 Å². The second-order valence-electron chi connectivity index (χ2n) is 9.08. The molecule has 184 valence electrons. The highest BCUT2D eigenvalue weighted by molar-refractivity contribution is 7.99. The van der Waals surface area contributed by atoms with Crippen LogP contribution in [0.1, 0.15) is 31.2 Å². The highest BCUT2D eigenvalue weighted by Crippen LogP contribution is 2.44. The van der Waals surface area contributed by atoms with Crippen LogP contribution in [0.2, 0.25) is 0 Å². The van der Waals surface area contributed by atoms with E-state index < -0.39 is 5.95 Å². The van der Waals surface area contributed by atoms with Crippen molar-refractivity contribution in [2.24, 2.45) is 5.92 Å². The summed E-state index contributed by atoms with van der Waals surface area (Å²) in [6, 6.07) is 20.6. The third-order valence-electron chi connectivity index (χ3n) is 6.48. The predicted molar refractivity (Wildman–Crippen MR) is 143 cm³/mol. The summed E-state index contributed by atoms with van der Waals surface area (Å²) < 4.78 is 13.4. The third-order valence-corrected chi connectivity index (χ3v) is 7.57. The lowest BCUT2D eigenvalue weighted by atomic mass is 10.1. The molecule has 0 saturated heterocycles. The Bertz CT molecular complexity index is 1430. The summed E-state index contributed by atoms with van der Waals surface area (Å²) in [4.78, 5) is 23.3. The SMILES string of the molecule is CCN(c1ccccc1)c1c(CC2CC2)[nH]c(=O)c(Sc2ccc(-c3ccc(F)nc3C)cc2)c1O. The molecule has 2 aromatic carbocycles. The van der Waals surface area contributed by atoms with Gasteiger partial charge in [0.2, 0.25) is 5.95 Å². The van der Waals surface area contributed by atoms with Crippen LogP contribution in [0.4, 0.5) is 15.8 Å². The molecule has 4 aromatic rings. The number of aromatic nitrogens is 2. The fraction of sp³-hybridized carbons (Fsp3) is 0.241. The van der Waals surface area contributed by atoms with Crippen molar-refractivity contribution < 1.29 is 9.50 Å². The van der Waals surface area contributed by atoms with E-state index in [4.69, 9.17) is 0 Å². The Hall–Kier alpha value is -3.58. The smallest absolute Gasteiger partial charge is 0.266 e. The number of nitrogens with one attached hydrogen (secondary N) is 1. The molecule has 1 aliphatic rings. The standard InChI is InChI=1S/C29H28FN3O2S/c1-3-33(21-7-5-4-6-8-21)26-24(17-19-9-10-19)32-29(35)28(27(26)34)36-22-13-11-20(12-14-22)23-15-16-25(30)31-18(23)2/h4-8,11-16,19H,3,9-10,17H2,1-2H3,(H2,32,34,35). The van der Waals surface area contributed by atoms with Crippen molar-refractivity contribution in [1.29, 1.82) is 0 Å². The number of pyridine rings is 2. The van der Waals surface area contributed by atoms with Gasteiger partial charge in [0.05, 0.1) is 0 Å². The van der Waals surface area contributed by atoms with Crippen LogP contribution in [0.15, 0.2) is 81.3 Å². The summed E-state index contributed by atoms with van der Waals surface area (Å²) in [5.74, 6) is 0.0483. The lowest BCUT2D eigenvalue weighted by molar-refractivity contribution is 0.458. The average Bonchev–Trinajstić information content (AvgIpc) is 3.69. The number of aryl methyl sites for hydroxylation is 1. The minimum Gasteiger partial charge on any atom is -0.504 e. The molecule has 1 fully saturated rings. The van der Waals surface area contributed by atoms with Gasteiger partial charge >= 0.3 is 0 Å². The average molecular weight is 502 g/mol. The molecule has 2 N–H and O–H groups in total. The number of rotatable bonds is 8. The maximum atomic E-state index is 13.4. The number of hydrogen-bond donors (Lipinski definition) is 2. The highest BCUT2D eigenvalue weighted by Gasteiger charge is 2.28. The number of aromatic hydroxyl groups is 1. The fourth-order valence-corrected chi connectivity index (χ4v) is 5.33. The van der Waals surface area contributed by atoms with E-state index in [1.807, 2.05) is 61.5 Å². The van der Waals surface area contributed by atoms with E-state index in [-0.39, 0.29) is 16.2 Å². The van der Waals surface area contributed by atoms with Gasteiger partial charge in [-0.05, 0) is 81.0 Å². The van der Waals surface area contributed by atoms with Gasteiger partial charge in [0, 0.05) is 34.1 Å². The normalized spacial score (nSPS) is 13.1. The molecule has 36 heavy (non-hydrogen) atoms. The fourth-order valence-electron chi connectivity index (χ4n) is 4.49. The Kier molecular flexibility index (Phi) is 6.83. The molecule has 0 amide bonds. The Morgan fingerprint density at radius 1 is 1.08 bits per heavy atom. The number of halogens is 1. The number of benzene rings is 2. The number of anilines is 2. The first-order chi connectivity index (χ1) is 17.4. The van der Waals surface area contributed by atoms with Crippen LogP contribution in [0.25, 0.3) is 11.1 Å². The van der Waals surface area contributed by atoms with Crippen molar-refractivity contribution in [3.63, 3.8) is 0 Å². The first-order valence-electron chi connectivity index (χ1n) is 12.2. The van der Waals surface area contributed by atoms with Gasteiger partial charge in [0.25, 0.3) is 5.56 Å². The van der Waals surface area contributed by atoms with Gasteiger partial charge in [0.15, 0.2) is 5.75 Å². The van der Waals surface area contributed by atoms with Gasteiger partial charge in [-0.2, -0.15) is 4.39 Å². The van der Waals surface area contributed by atoms with Crippen molar-refractivity contribution in [2.45, 2.75) is 42.9 Å². The number of H-pyrrole nitrogens is 1. The van der Waals surface area contributed by atoms with E-state index in [1.165, 1.54) is 17.8 Å². The summed E-state index contributed by atoms with van der Waals surface area (Å²) in [6.07, 6.45) is 3.03. The van der Waals surface area contributed by atoms with Gasteiger partial charge in [-0.25, -0.2) is 4.98 Å². The number of aromatic amines is 1. The number of nitrogens with zero attached hydrogens (tertiary/aromatic N) is 2. The maximum Gasteiger partial charge on any atom is 0.266 e. The molecule has 5 rings (SSSR count). The van der Waals surface area contributed by atoms with E-state index in [0.29, 0.717) is 23.8 Å².